The average Bonchev–Trinajstić information content (AvgIpc) is 3.27. The first kappa shape index (κ1) is 31.2. The summed E-state index contributed by atoms with van der Waals surface area (Å²) in [5, 5.41) is 15.4. The molecule has 2 aliphatic heterocycles. The number of carboxylic acid groups (broad SMARTS) is 1. The summed E-state index contributed by atoms with van der Waals surface area (Å²) >= 11 is 0. The van der Waals surface area contributed by atoms with Crippen LogP contribution in [0, 0.1) is 5.82 Å². The smallest absolute Gasteiger partial charge is 0.413 e. The first-order valence-electron chi connectivity index (χ1n) is 14.2. The van der Waals surface area contributed by atoms with Gasteiger partial charge in [0.2, 0.25) is 11.8 Å². The van der Waals surface area contributed by atoms with Crippen molar-refractivity contribution < 1.29 is 42.9 Å². The van der Waals surface area contributed by atoms with E-state index in [9.17, 15) is 24.3 Å². The van der Waals surface area contributed by atoms with Crippen LogP contribution in [0.1, 0.15) is 39.7 Å². The van der Waals surface area contributed by atoms with Crippen molar-refractivity contribution in [2.75, 3.05) is 42.3 Å². The summed E-state index contributed by atoms with van der Waals surface area (Å²) < 4.78 is 32.8. The molecule has 0 bridgehead atoms. The van der Waals surface area contributed by atoms with E-state index >= 15 is 4.39 Å². The maximum atomic E-state index is 16.5. The molecule has 2 aliphatic rings. The van der Waals surface area contributed by atoms with Gasteiger partial charge in [0.15, 0.2) is 5.82 Å². The van der Waals surface area contributed by atoms with Crippen molar-refractivity contribution >= 4 is 52.2 Å². The fourth-order valence-corrected chi connectivity index (χ4v) is 5.28. The Morgan fingerprint density at radius 3 is 2.53 bits per heavy atom. The van der Waals surface area contributed by atoms with Crippen LogP contribution in [0.25, 0.3) is 21.9 Å². The van der Waals surface area contributed by atoms with Crippen LogP contribution in [-0.4, -0.2) is 82.6 Å². The van der Waals surface area contributed by atoms with Gasteiger partial charge in [-0.15, -0.1) is 0 Å². The third-order valence-electron chi connectivity index (χ3n) is 7.22. The normalized spacial score (nSPS) is 16.2. The van der Waals surface area contributed by atoms with Gasteiger partial charge in [-0.1, -0.05) is 6.92 Å². The summed E-state index contributed by atoms with van der Waals surface area (Å²) in [6.45, 7) is 7.23. The Hall–Kier alpha value is -5.21. The van der Waals surface area contributed by atoms with Gasteiger partial charge in [0.05, 0.1) is 25.2 Å². The lowest BCUT2D eigenvalue weighted by atomic mass is 9.94. The van der Waals surface area contributed by atoms with E-state index in [0.29, 0.717) is 17.4 Å². The van der Waals surface area contributed by atoms with E-state index in [0.717, 1.165) is 4.90 Å². The molecule has 1 aromatic carbocycles. The molecule has 14 nitrogen and oxygen atoms in total. The van der Waals surface area contributed by atoms with Gasteiger partial charge in [-0.25, -0.2) is 28.7 Å². The summed E-state index contributed by atoms with van der Waals surface area (Å²) in [5.41, 5.74) is -0.150. The van der Waals surface area contributed by atoms with Gasteiger partial charge in [0, 0.05) is 36.0 Å². The van der Waals surface area contributed by atoms with E-state index in [1.165, 1.54) is 29.4 Å². The number of likely N-dealkylation sites (N-methyl/N-ethyl adjacent to an activating group) is 1. The Bertz CT molecular complexity index is 1710. The zero-order valence-corrected chi connectivity index (χ0v) is 25.4. The SMILES string of the molecule is CCc1c(-c2cc3cc(NC(=O)OC4CC(=O)N(C)C4)ncc3c(NC(=O)OC(C)(C)C)c2F)cnc2c1N(C(=O)O)CCO2. The van der Waals surface area contributed by atoms with Gasteiger partial charge in [-0.2, -0.15) is 0 Å². The molecule has 0 spiro atoms. The molecule has 4 heterocycles. The quantitative estimate of drug-likeness (QED) is 0.351. The van der Waals surface area contributed by atoms with E-state index in [-0.39, 0.29) is 71.6 Å². The fourth-order valence-electron chi connectivity index (χ4n) is 5.28. The summed E-state index contributed by atoms with van der Waals surface area (Å²) in [7, 11) is 1.61. The first-order chi connectivity index (χ1) is 21.3. The Morgan fingerprint density at radius 2 is 1.89 bits per heavy atom. The number of halogens is 1. The summed E-state index contributed by atoms with van der Waals surface area (Å²) in [6.07, 6.45) is -0.528. The number of rotatable bonds is 5. The highest BCUT2D eigenvalue weighted by atomic mass is 19.1. The lowest BCUT2D eigenvalue weighted by molar-refractivity contribution is -0.126. The maximum absolute atomic E-state index is 16.5. The van der Waals surface area contributed by atoms with Crippen molar-refractivity contribution in [2.24, 2.45) is 0 Å². The molecular formula is C30H33FN6O8. The second-order valence-corrected chi connectivity index (χ2v) is 11.6. The second-order valence-electron chi connectivity index (χ2n) is 11.6. The summed E-state index contributed by atoms with van der Waals surface area (Å²) in [5.74, 6) is -0.796. The zero-order chi connectivity index (χ0) is 32.6. The number of carbonyl (C=O) groups is 4. The molecular weight excluding hydrogens is 591 g/mol. The third kappa shape index (κ3) is 6.51. The lowest BCUT2D eigenvalue weighted by Gasteiger charge is -2.29. The van der Waals surface area contributed by atoms with E-state index in [2.05, 4.69) is 20.6 Å². The molecule has 4 amide bonds. The van der Waals surface area contributed by atoms with Gasteiger partial charge < -0.3 is 24.2 Å². The number of pyridine rings is 2. The molecule has 2 aromatic heterocycles. The highest BCUT2D eigenvalue weighted by molar-refractivity contribution is 6.05. The van der Waals surface area contributed by atoms with Crippen LogP contribution in [0.4, 0.5) is 36.0 Å². The molecule has 5 rings (SSSR count). The number of hydrogen-bond acceptors (Lipinski definition) is 9. The molecule has 45 heavy (non-hydrogen) atoms. The average molecular weight is 625 g/mol. The lowest BCUT2D eigenvalue weighted by Crippen LogP contribution is -2.38. The van der Waals surface area contributed by atoms with Crippen LogP contribution in [0.3, 0.4) is 0 Å². The number of ether oxygens (including phenoxy) is 3. The maximum Gasteiger partial charge on any atom is 0.413 e. The topological polar surface area (TPSA) is 173 Å². The molecule has 0 aliphatic carbocycles. The molecule has 0 saturated carbocycles. The largest absolute Gasteiger partial charge is 0.474 e. The van der Waals surface area contributed by atoms with Crippen LogP contribution in [0.15, 0.2) is 24.5 Å². The third-order valence-corrected chi connectivity index (χ3v) is 7.22. The standard InChI is InChI=1S/C30H33FN6O8/c1-6-17-20(13-33-26-25(17)37(29(41)42)7-8-43-26)18-9-15-10-21(34-27(39)44-16-11-22(38)36(5)14-16)32-12-19(15)24(23(18)31)35-28(40)45-30(2,3)4/h9-10,12-13,16H,6-8,11,14H2,1-5H3,(H,35,40)(H,41,42)(H,32,34,39). The minimum atomic E-state index is -1.21. The number of anilines is 3. The van der Waals surface area contributed by atoms with E-state index in [1.807, 2.05) is 0 Å². The van der Waals surface area contributed by atoms with E-state index in [4.69, 9.17) is 14.2 Å². The zero-order valence-electron chi connectivity index (χ0n) is 25.4. The first-order valence-corrected chi connectivity index (χ1v) is 14.2. The number of benzene rings is 1. The van der Waals surface area contributed by atoms with Gasteiger partial charge in [0.1, 0.15) is 29.8 Å². The molecule has 1 unspecified atom stereocenters. The molecule has 1 fully saturated rings. The monoisotopic (exact) mass is 624 g/mol. The Labute approximate surface area is 257 Å². The molecule has 3 N–H and O–H groups in total. The van der Waals surface area contributed by atoms with Crippen LogP contribution >= 0.6 is 0 Å². The van der Waals surface area contributed by atoms with Crippen LogP contribution < -0.4 is 20.3 Å². The summed E-state index contributed by atoms with van der Waals surface area (Å²) in [4.78, 5) is 60.3. The Morgan fingerprint density at radius 1 is 1.13 bits per heavy atom. The highest BCUT2D eigenvalue weighted by Crippen LogP contribution is 2.43. The number of aromatic nitrogens is 2. The predicted octanol–water partition coefficient (Wildman–Crippen LogP) is 5.00. The van der Waals surface area contributed by atoms with Crippen molar-refractivity contribution in [3.05, 3.63) is 35.9 Å². The van der Waals surface area contributed by atoms with Crippen molar-refractivity contribution in [3.63, 3.8) is 0 Å². The number of fused-ring (bicyclic) bond motifs is 2. The van der Waals surface area contributed by atoms with E-state index < -0.39 is 35.8 Å². The van der Waals surface area contributed by atoms with Crippen molar-refractivity contribution in [1.29, 1.82) is 0 Å². The number of likely N-dealkylation sites (tertiary alicyclic amines) is 1. The molecule has 15 heteroatoms. The van der Waals surface area contributed by atoms with Gasteiger partial charge in [0.25, 0.3) is 0 Å². The molecule has 3 aromatic rings. The van der Waals surface area contributed by atoms with Crippen LogP contribution in [-0.2, 0) is 20.7 Å². The number of amides is 4. The summed E-state index contributed by atoms with van der Waals surface area (Å²) in [6, 6.07) is 2.96. The van der Waals surface area contributed by atoms with Gasteiger partial charge in [-0.05, 0) is 50.3 Å². The number of nitrogens with one attached hydrogen (secondary N) is 2. The predicted molar refractivity (Wildman–Crippen MR) is 161 cm³/mol. The number of carbonyl (C=O) groups excluding carboxylic acids is 3. The minimum absolute atomic E-state index is 0.00357. The minimum Gasteiger partial charge on any atom is -0.474 e. The van der Waals surface area contributed by atoms with Crippen molar-refractivity contribution in [2.45, 2.75) is 52.2 Å². The Balaban J connectivity index is 1.60. The van der Waals surface area contributed by atoms with Gasteiger partial charge in [-0.3, -0.25) is 20.3 Å². The van der Waals surface area contributed by atoms with E-state index in [1.54, 1.807) is 34.7 Å². The van der Waals surface area contributed by atoms with Crippen molar-refractivity contribution in [1.82, 2.24) is 14.9 Å². The van der Waals surface area contributed by atoms with Crippen LogP contribution in [0.2, 0.25) is 0 Å². The molecule has 0 radical (unpaired) electrons. The number of hydrogen-bond donors (Lipinski definition) is 3. The van der Waals surface area contributed by atoms with Crippen LogP contribution in [0.5, 0.6) is 5.88 Å². The Kier molecular flexibility index (Phi) is 8.36. The number of nitrogens with zero attached hydrogens (tertiary/aromatic N) is 4. The van der Waals surface area contributed by atoms with Crippen molar-refractivity contribution in [3.8, 4) is 17.0 Å². The highest BCUT2D eigenvalue weighted by Gasteiger charge is 2.32. The fraction of sp³-hybridized carbons (Fsp3) is 0.400. The molecule has 1 saturated heterocycles. The molecule has 238 valence electrons. The molecule has 1 atom stereocenters. The second kappa shape index (κ2) is 12.1. The van der Waals surface area contributed by atoms with Gasteiger partial charge >= 0.3 is 18.3 Å².